The van der Waals surface area contributed by atoms with E-state index in [4.69, 9.17) is 25.8 Å². The van der Waals surface area contributed by atoms with Crippen molar-refractivity contribution in [2.24, 2.45) is 5.92 Å². The van der Waals surface area contributed by atoms with Gasteiger partial charge >= 0.3 is 18.1 Å². The van der Waals surface area contributed by atoms with Gasteiger partial charge in [-0.1, -0.05) is 35.9 Å². The summed E-state index contributed by atoms with van der Waals surface area (Å²) in [5.74, 6) is -4.62. The van der Waals surface area contributed by atoms with Gasteiger partial charge in [0.05, 0.1) is 6.61 Å². The van der Waals surface area contributed by atoms with Gasteiger partial charge in [-0.25, -0.2) is 4.79 Å². The van der Waals surface area contributed by atoms with Crippen LogP contribution in [0, 0.1) is 5.92 Å². The van der Waals surface area contributed by atoms with Gasteiger partial charge in [-0.05, 0) is 24.6 Å². The monoisotopic (exact) mass is 396 g/mol. The molecule has 0 N–H and O–H groups in total. The van der Waals surface area contributed by atoms with Crippen molar-refractivity contribution in [3.05, 3.63) is 47.0 Å². The molecule has 8 heteroatoms. The van der Waals surface area contributed by atoms with E-state index in [0.717, 1.165) is 0 Å². The Morgan fingerprint density at radius 3 is 2.52 bits per heavy atom. The molecule has 1 unspecified atom stereocenters. The number of cyclic esters (lactones) is 2. The molecular weight excluding hydrogens is 376 g/mol. The molecular formula is C19H21ClO7. The predicted octanol–water partition coefficient (Wildman–Crippen LogP) is 3.61. The van der Waals surface area contributed by atoms with E-state index in [2.05, 4.69) is 4.74 Å². The Morgan fingerprint density at radius 2 is 1.93 bits per heavy atom. The molecule has 1 heterocycles. The summed E-state index contributed by atoms with van der Waals surface area (Å²) in [7, 11) is 0. The molecule has 0 radical (unpaired) electrons. The van der Waals surface area contributed by atoms with E-state index in [0.29, 0.717) is 10.6 Å². The maximum atomic E-state index is 12.5. The van der Waals surface area contributed by atoms with Crippen LogP contribution in [-0.2, 0) is 28.5 Å². The number of allylic oxidation sites excluding steroid dienone is 1. The van der Waals surface area contributed by atoms with Crippen molar-refractivity contribution >= 4 is 29.7 Å². The lowest BCUT2D eigenvalue weighted by atomic mass is 9.85. The first-order valence-electron chi connectivity index (χ1n) is 8.41. The molecule has 1 aliphatic rings. The zero-order valence-corrected chi connectivity index (χ0v) is 16.0. The molecule has 0 aliphatic carbocycles. The largest absolute Gasteiger partial charge is 0.508 e. The van der Waals surface area contributed by atoms with Crippen molar-refractivity contribution < 1.29 is 33.3 Å². The summed E-state index contributed by atoms with van der Waals surface area (Å²) in [6.45, 7) is 4.74. The number of hydrogen-bond donors (Lipinski definition) is 0. The number of hydrogen-bond acceptors (Lipinski definition) is 7. The smallest absolute Gasteiger partial charge is 0.435 e. The highest BCUT2D eigenvalue weighted by atomic mass is 35.5. The number of carbonyl (C=O) groups is 3. The van der Waals surface area contributed by atoms with Gasteiger partial charge in [0, 0.05) is 24.8 Å². The summed E-state index contributed by atoms with van der Waals surface area (Å²) < 4.78 is 19.9. The normalized spacial score (nSPS) is 17.9. The van der Waals surface area contributed by atoms with Crippen LogP contribution in [0.5, 0.6) is 0 Å². The van der Waals surface area contributed by atoms with Gasteiger partial charge in [0.15, 0.2) is 5.92 Å². The molecule has 0 bridgehead atoms. The van der Waals surface area contributed by atoms with Gasteiger partial charge in [0.1, 0.15) is 6.61 Å². The molecule has 27 heavy (non-hydrogen) atoms. The fraction of sp³-hybridized carbons (Fsp3) is 0.421. The minimum Gasteiger partial charge on any atom is -0.435 e. The van der Waals surface area contributed by atoms with Gasteiger partial charge in [-0.3, -0.25) is 9.59 Å². The molecule has 0 aromatic heterocycles. The van der Waals surface area contributed by atoms with Gasteiger partial charge < -0.3 is 18.9 Å². The van der Waals surface area contributed by atoms with Crippen LogP contribution in [0.2, 0.25) is 5.02 Å². The van der Waals surface area contributed by atoms with Crippen molar-refractivity contribution in [2.75, 3.05) is 13.2 Å². The SMILES string of the molecule is CCOC(=O)OC/C=C/C(c1cccc(Cl)c1)C1C(=O)OC(C)(C)OC1=O. The highest BCUT2D eigenvalue weighted by Gasteiger charge is 2.46. The first-order chi connectivity index (χ1) is 12.7. The van der Waals surface area contributed by atoms with Gasteiger partial charge in [0.2, 0.25) is 0 Å². The Labute approximate surface area is 162 Å². The number of halogens is 1. The second kappa shape index (κ2) is 8.90. The van der Waals surface area contributed by atoms with Gasteiger partial charge in [0.25, 0.3) is 5.79 Å². The summed E-state index contributed by atoms with van der Waals surface area (Å²) >= 11 is 6.04. The highest BCUT2D eigenvalue weighted by molar-refractivity contribution is 6.30. The van der Waals surface area contributed by atoms with E-state index in [9.17, 15) is 14.4 Å². The van der Waals surface area contributed by atoms with Crippen LogP contribution in [0.4, 0.5) is 4.79 Å². The Hall–Kier alpha value is -2.54. The fourth-order valence-electron chi connectivity index (χ4n) is 2.63. The summed E-state index contributed by atoms with van der Waals surface area (Å²) in [5.41, 5.74) is 0.619. The number of rotatable bonds is 6. The zero-order chi connectivity index (χ0) is 20.0. The minimum atomic E-state index is -1.32. The Morgan fingerprint density at radius 1 is 1.26 bits per heavy atom. The molecule has 1 aromatic carbocycles. The topological polar surface area (TPSA) is 88.1 Å². The van der Waals surface area contributed by atoms with Crippen molar-refractivity contribution in [1.82, 2.24) is 0 Å². The Balaban J connectivity index is 2.24. The second-order valence-electron chi connectivity index (χ2n) is 6.22. The summed E-state index contributed by atoms with van der Waals surface area (Å²) in [4.78, 5) is 36.1. The lowest BCUT2D eigenvalue weighted by Crippen LogP contribution is -2.48. The fourth-order valence-corrected chi connectivity index (χ4v) is 2.83. The van der Waals surface area contributed by atoms with Gasteiger partial charge in [-0.2, -0.15) is 0 Å². The van der Waals surface area contributed by atoms with E-state index in [-0.39, 0.29) is 13.2 Å². The quantitative estimate of drug-likeness (QED) is 0.412. The van der Waals surface area contributed by atoms with E-state index in [1.165, 1.54) is 19.9 Å². The predicted molar refractivity (Wildman–Crippen MR) is 96.1 cm³/mol. The molecule has 7 nitrogen and oxygen atoms in total. The van der Waals surface area contributed by atoms with E-state index in [1.807, 2.05) is 0 Å². The van der Waals surface area contributed by atoms with Gasteiger partial charge in [-0.15, -0.1) is 0 Å². The molecule has 2 rings (SSSR count). The first kappa shape index (κ1) is 20.8. The van der Waals surface area contributed by atoms with Crippen LogP contribution in [0.3, 0.4) is 0 Å². The van der Waals surface area contributed by atoms with E-state index in [1.54, 1.807) is 37.3 Å². The summed E-state index contributed by atoms with van der Waals surface area (Å²) in [5, 5.41) is 0.451. The zero-order valence-electron chi connectivity index (χ0n) is 15.3. The molecule has 0 saturated carbocycles. The van der Waals surface area contributed by atoms with E-state index < -0.39 is 35.7 Å². The maximum Gasteiger partial charge on any atom is 0.508 e. The maximum absolute atomic E-state index is 12.5. The number of ether oxygens (including phenoxy) is 4. The third-order valence-corrected chi connectivity index (χ3v) is 3.93. The van der Waals surface area contributed by atoms with Crippen molar-refractivity contribution in [3.63, 3.8) is 0 Å². The van der Waals surface area contributed by atoms with Crippen LogP contribution >= 0.6 is 11.6 Å². The molecule has 1 saturated heterocycles. The first-order valence-corrected chi connectivity index (χ1v) is 8.78. The van der Waals surface area contributed by atoms with Crippen LogP contribution < -0.4 is 0 Å². The molecule has 1 atom stereocenters. The standard InChI is InChI=1S/C19H21ClO7/c1-4-24-18(23)25-10-6-9-14(12-7-5-8-13(20)11-12)15-16(21)26-19(2,3)27-17(15)22/h5-9,11,14-15H,4,10H2,1-3H3/b9-6+. The molecule has 1 fully saturated rings. The number of esters is 2. The highest BCUT2D eigenvalue weighted by Crippen LogP contribution is 2.35. The molecule has 1 aromatic rings. The van der Waals surface area contributed by atoms with Crippen LogP contribution in [0.25, 0.3) is 0 Å². The lowest BCUT2D eigenvalue weighted by molar-refractivity contribution is -0.240. The molecule has 146 valence electrons. The molecule has 1 aliphatic heterocycles. The second-order valence-corrected chi connectivity index (χ2v) is 6.66. The summed E-state index contributed by atoms with van der Waals surface area (Å²) in [6, 6.07) is 6.75. The molecule has 0 amide bonds. The Kier molecular flexibility index (Phi) is 6.85. The summed E-state index contributed by atoms with van der Waals surface area (Å²) in [6.07, 6.45) is 2.29. The van der Waals surface area contributed by atoms with Crippen molar-refractivity contribution in [1.29, 1.82) is 0 Å². The average Bonchev–Trinajstić information content (AvgIpc) is 2.55. The van der Waals surface area contributed by atoms with Crippen LogP contribution in [0.15, 0.2) is 36.4 Å². The molecule has 0 spiro atoms. The van der Waals surface area contributed by atoms with Crippen molar-refractivity contribution in [3.8, 4) is 0 Å². The van der Waals surface area contributed by atoms with Crippen molar-refractivity contribution in [2.45, 2.75) is 32.5 Å². The number of benzene rings is 1. The van der Waals surface area contributed by atoms with Crippen LogP contribution in [-0.4, -0.2) is 37.1 Å². The lowest BCUT2D eigenvalue weighted by Gasteiger charge is -2.35. The minimum absolute atomic E-state index is 0.0851. The number of carbonyl (C=O) groups excluding carboxylic acids is 3. The third kappa shape index (κ3) is 5.72. The van der Waals surface area contributed by atoms with Crippen LogP contribution in [0.1, 0.15) is 32.3 Å². The average molecular weight is 397 g/mol. The van der Waals surface area contributed by atoms with E-state index >= 15 is 0 Å². The Bertz CT molecular complexity index is 721. The third-order valence-electron chi connectivity index (χ3n) is 3.70.